The molecule has 5 nitrogen and oxygen atoms in total. The number of aromatic nitrogens is 3. The van der Waals surface area contributed by atoms with Gasteiger partial charge in [-0.3, -0.25) is 9.78 Å². The highest BCUT2D eigenvalue weighted by Gasteiger charge is 2.15. The number of fused-ring (bicyclic) bond motifs is 1. The van der Waals surface area contributed by atoms with Crippen LogP contribution in [-0.2, 0) is 11.3 Å². The van der Waals surface area contributed by atoms with E-state index in [1.807, 2.05) is 41.0 Å². The van der Waals surface area contributed by atoms with Gasteiger partial charge in [-0.25, -0.2) is 9.37 Å². The summed E-state index contributed by atoms with van der Waals surface area (Å²) in [5.74, 6) is 0.112. The van der Waals surface area contributed by atoms with Crippen molar-refractivity contribution in [3.8, 4) is 11.4 Å². The van der Waals surface area contributed by atoms with E-state index in [0.29, 0.717) is 11.5 Å². The SMILES string of the molecule is O=C(Cn1c(-c2cccnc2)nc2ccccc21)Nc1ccc(F)cc1. The molecule has 0 saturated heterocycles. The Morgan fingerprint density at radius 2 is 1.85 bits per heavy atom. The average molecular weight is 346 g/mol. The van der Waals surface area contributed by atoms with Crippen LogP contribution in [0.3, 0.4) is 0 Å². The first-order valence-corrected chi connectivity index (χ1v) is 8.12. The molecule has 0 aliphatic heterocycles. The quantitative estimate of drug-likeness (QED) is 0.610. The standard InChI is InChI=1S/C20H15FN4O/c21-15-7-9-16(10-8-15)23-19(26)13-25-18-6-2-1-5-17(18)24-20(25)14-4-3-11-22-12-14/h1-12H,13H2,(H,23,26). The van der Waals surface area contributed by atoms with Gasteiger partial charge in [-0.2, -0.15) is 0 Å². The van der Waals surface area contributed by atoms with Crippen LogP contribution in [0.1, 0.15) is 0 Å². The molecule has 0 saturated carbocycles. The molecule has 1 N–H and O–H groups in total. The zero-order valence-electron chi connectivity index (χ0n) is 13.8. The maximum absolute atomic E-state index is 13.0. The van der Waals surface area contributed by atoms with Gasteiger partial charge in [0, 0.05) is 23.6 Å². The molecule has 0 aliphatic carbocycles. The van der Waals surface area contributed by atoms with Gasteiger partial charge < -0.3 is 9.88 Å². The van der Waals surface area contributed by atoms with E-state index in [1.165, 1.54) is 24.3 Å². The average Bonchev–Trinajstić information content (AvgIpc) is 3.03. The van der Waals surface area contributed by atoms with Crippen molar-refractivity contribution in [2.75, 3.05) is 5.32 Å². The molecule has 26 heavy (non-hydrogen) atoms. The largest absolute Gasteiger partial charge is 0.325 e. The second-order valence-electron chi connectivity index (χ2n) is 5.81. The maximum atomic E-state index is 13.0. The predicted molar refractivity (Wildman–Crippen MR) is 98.0 cm³/mol. The molecule has 0 bridgehead atoms. The number of hydrogen-bond acceptors (Lipinski definition) is 3. The van der Waals surface area contributed by atoms with Gasteiger partial charge in [0.25, 0.3) is 0 Å². The lowest BCUT2D eigenvalue weighted by atomic mass is 10.2. The van der Waals surface area contributed by atoms with Gasteiger partial charge in [-0.05, 0) is 48.5 Å². The molecular weight excluding hydrogens is 331 g/mol. The lowest BCUT2D eigenvalue weighted by Crippen LogP contribution is -2.19. The summed E-state index contributed by atoms with van der Waals surface area (Å²) >= 11 is 0. The van der Waals surface area contributed by atoms with Crippen LogP contribution in [0, 0.1) is 5.82 Å². The summed E-state index contributed by atoms with van der Waals surface area (Å²) in [6.45, 7) is 0.0854. The van der Waals surface area contributed by atoms with Gasteiger partial charge in [0.2, 0.25) is 5.91 Å². The van der Waals surface area contributed by atoms with Gasteiger partial charge in [-0.1, -0.05) is 12.1 Å². The zero-order valence-corrected chi connectivity index (χ0v) is 13.8. The lowest BCUT2D eigenvalue weighted by molar-refractivity contribution is -0.116. The first-order chi connectivity index (χ1) is 12.7. The Morgan fingerprint density at radius 1 is 1.04 bits per heavy atom. The molecule has 0 unspecified atom stereocenters. The van der Waals surface area contributed by atoms with Gasteiger partial charge in [0.1, 0.15) is 18.2 Å². The van der Waals surface area contributed by atoms with Crippen molar-refractivity contribution in [3.63, 3.8) is 0 Å². The number of para-hydroxylation sites is 2. The number of halogens is 1. The first kappa shape index (κ1) is 16.0. The zero-order chi connectivity index (χ0) is 17.9. The van der Waals surface area contributed by atoms with Crippen LogP contribution in [0.25, 0.3) is 22.4 Å². The van der Waals surface area contributed by atoms with Crippen LogP contribution in [0.2, 0.25) is 0 Å². The van der Waals surface area contributed by atoms with Gasteiger partial charge >= 0.3 is 0 Å². The minimum Gasteiger partial charge on any atom is -0.325 e. The summed E-state index contributed by atoms with van der Waals surface area (Å²) in [4.78, 5) is 21.3. The van der Waals surface area contributed by atoms with Crippen LogP contribution in [0.4, 0.5) is 10.1 Å². The van der Waals surface area contributed by atoms with Crippen molar-refractivity contribution < 1.29 is 9.18 Å². The van der Waals surface area contributed by atoms with E-state index in [9.17, 15) is 9.18 Å². The minimum absolute atomic E-state index is 0.0854. The number of carbonyl (C=O) groups is 1. The highest BCUT2D eigenvalue weighted by molar-refractivity contribution is 5.92. The number of imidazole rings is 1. The number of amides is 1. The fraction of sp³-hybridized carbons (Fsp3) is 0.0500. The third-order valence-corrected chi connectivity index (χ3v) is 4.00. The molecule has 2 heterocycles. The third kappa shape index (κ3) is 3.17. The second kappa shape index (κ2) is 6.76. The molecule has 0 aliphatic rings. The molecule has 6 heteroatoms. The summed E-state index contributed by atoms with van der Waals surface area (Å²) < 4.78 is 14.9. The number of rotatable bonds is 4. The summed E-state index contributed by atoms with van der Waals surface area (Å²) in [7, 11) is 0. The van der Waals surface area contributed by atoms with E-state index < -0.39 is 0 Å². The van der Waals surface area contributed by atoms with Crippen molar-refractivity contribution in [1.29, 1.82) is 0 Å². The molecule has 128 valence electrons. The summed E-state index contributed by atoms with van der Waals surface area (Å²) in [5, 5.41) is 2.78. The molecule has 0 spiro atoms. The van der Waals surface area contributed by atoms with E-state index in [0.717, 1.165) is 16.6 Å². The van der Waals surface area contributed by atoms with E-state index in [1.54, 1.807) is 12.4 Å². The molecule has 2 aromatic heterocycles. The van der Waals surface area contributed by atoms with Crippen molar-refractivity contribution >= 4 is 22.6 Å². The number of benzene rings is 2. The summed E-state index contributed by atoms with van der Waals surface area (Å²) in [6, 6.07) is 17.1. The number of hydrogen-bond donors (Lipinski definition) is 1. The monoisotopic (exact) mass is 346 g/mol. The number of pyridine rings is 1. The van der Waals surface area contributed by atoms with E-state index >= 15 is 0 Å². The molecule has 4 rings (SSSR count). The summed E-state index contributed by atoms with van der Waals surface area (Å²) in [6.07, 6.45) is 3.41. The van der Waals surface area contributed by atoms with Crippen molar-refractivity contribution in [2.24, 2.45) is 0 Å². The van der Waals surface area contributed by atoms with E-state index in [2.05, 4.69) is 15.3 Å². The van der Waals surface area contributed by atoms with Crippen molar-refractivity contribution in [1.82, 2.24) is 14.5 Å². The topological polar surface area (TPSA) is 59.8 Å². The molecule has 2 aromatic carbocycles. The van der Waals surface area contributed by atoms with Crippen LogP contribution in [0.15, 0.2) is 73.1 Å². The van der Waals surface area contributed by atoms with Crippen LogP contribution in [0.5, 0.6) is 0 Å². The number of nitrogens with one attached hydrogen (secondary N) is 1. The van der Waals surface area contributed by atoms with Crippen LogP contribution < -0.4 is 5.32 Å². The van der Waals surface area contributed by atoms with Crippen LogP contribution in [-0.4, -0.2) is 20.4 Å². The Bertz CT molecular complexity index is 1060. The Labute approximate surface area is 149 Å². The van der Waals surface area contributed by atoms with Crippen molar-refractivity contribution in [2.45, 2.75) is 6.54 Å². The number of anilines is 1. The smallest absolute Gasteiger partial charge is 0.244 e. The van der Waals surface area contributed by atoms with E-state index in [4.69, 9.17) is 0 Å². The lowest BCUT2D eigenvalue weighted by Gasteiger charge is -2.10. The van der Waals surface area contributed by atoms with Crippen LogP contribution >= 0.6 is 0 Å². The van der Waals surface area contributed by atoms with Gasteiger partial charge in [0.15, 0.2) is 0 Å². The Hall–Kier alpha value is -3.54. The summed E-state index contributed by atoms with van der Waals surface area (Å²) in [5.41, 5.74) is 3.04. The Kier molecular flexibility index (Phi) is 4.15. The highest BCUT2D eigenvalue weighted by atomic mass is 19.1. The Morgan fingerprint density at radius 3 is 2.62 bits per heavy atom. The third-order valence-electron chi connectivity index (χ3n) is 4.00. The second-order valence-corrected chi connectivity index (χ2v) is 5.81. The maximum Gasteiger partial charge on any atom is 0.244 e. The Balaban J connectivity index is 1.68. The van der Waals surface area contributed by atoms with Crippen molar-refractivity contribution in [3.05, 3.63) is 78.9 Å². The van der Waals surface area contributed by atoms with E-state index in [-0.39, 0.29) is 18.3 Å². The molecule has 0 fully saturated rings. The molecule has 4 aromatic rings. The normalized spacial score (nSPS) is 10.8. The highest BCUT2D eigenvalue weighted by Crippen LogP contribution is 2.24. The fourth-order valence-electron chi connectivity index (χ4n) is 2.83. The molecule has 0 atom stereocenters. The predicted octanol–water partition coefficient (Wildman–Crippen LogP) is 3.88. The molecular formula is C20H15FN4O. The fourth-order valence-corrected chi connectivity index (χ4v) is 2.83. The number of carbonyl (C=O) groups excluding carboxylic acids is 1. The first-order valence-electron chi connectivity index (χ1n) is 8.12. The molecule has 1 amide bonds. The minimum atomic E-state index is -0.345. The molecule has 0 radical (unpaired) electrons. The van der Waals surface area contributed by atoms with Gasteiger partial charge in [0.05, 0.1) is 11.0 Å². The number of nitrogens with zero attached hydrogens (tertiary/aromatic N) is 3. The van der Waals surface area contributed by atoms with Gasteiger partial charge in [-0.15, -0.1) is 0 Å².